The number of hydrogen-bond donors (Lipinski definition) is 5. The summed E-state index contributed by atoms with van der Waals surface area (Å²) in [5.41, 5.74) is 3.17. The van der Waals surface area contributed by atoms with Gasteiger partial charge in [-0.3, -0.25) is 4.57 Å². The van der Waals surface area contributed by atoms with Crippen LogP contribution in [0.4, 0.5) is 5.82 Å². The van der Waals surface area contributed by atoms with Crippen LogP contribution in [0.15, 0.2) is 30.9 Å². The van der Waals surface area contributed by atoms with E-state index in [2.05, 4.69) is 20.3 Å². The first-order valence-corrected chi connectivity index (χ1v) is 9.45. The normalized spacial score (nSPS) is 28.7. The van der Waals surface area contributed by atoms with Crippen LogP contribution in [-0.2, 0) is 11.2 Å². The van der Waals surface area contributed by atoms with E-state index in [4.69, 9.17) is 4.74 Å². The smallest absolute Gasteiger partial charge is 0.167 e. The number of phenolic OH excluding ortho intramolecular Hbond substituents is 1. The Balaban J connectivity index is 1.46. The summed E-state index contributed by atoms with van der Waals surface area (Å²) in [6.45, 7) is -0.403. The number of aliphatic hydroxyl groups excluding tert-OH is 3. The molecule has 5 N–H and O–H groups in total. The van der Waals surface area contributed by atoms with Crippen LogP contribution in [0.1, 0.15) is 29.8 Å². The summed E-state index contributed by atoms with van der Waals surface area (Å²) >= 11 is 0. The molecule has 5 rings (SSSR count). The fourth-order valence-corrected chi connectivity index (χ4v) is 4.17. The van der Waals surface area contributed by atoms with Gasteiger partial charge in [-0.25, -0.2) is 15.0 Å². The number of ether oxygens (including phenoxy) is 1. The summed E-state index contributed by atoms with van der Waals surface area (Å²) in [7, 11) is 0. The van der Waals surface area contributed by atoms with E-state index in [1.165, 1.54) is 17.2 Å². The molecule has 2 aliphatic rings. The van der Waals surface area contributed by atoms with E-state index in [1.54, 1.807) is 12.1 Å². The van der Waals surface area contributed by atoms with Crippen molar-refractivity contribution in [2.24, 2.45) is 0 Å². The Bertz CT molecular complexity index is 1060. The molecule has 1 aliphatic carbocycles. The number of nitrogens with zero attached hydrogens (tertiary/aromatic N) is 4. The SMILES string of the molecule is OCC1OC(n2cnc3c(NC4CCc5cc(O)ccc54)ncnc32)C(O)C1O. The largest absolute Gasteiger partial charge is 0.508 e. The van der Waals surface area contributed by atoms with Gasteiger partial charge in [0.05, 0.1) is 19.0 Å². The van der Waals surface area contributed by atoms with Gasteiger partial charge < -0.3 is 30.5 Å². The number of benzene rings is 1. The molecule has 29 heavy (non-hydrogen) atoms. The fourth-order valence-electron chi connectivity index (χ4n) is 4.17. The van der Waals surface area contributed by atoms with Gasteiger partial charge in [-0.15, -0.1) is 0 Å². The molecule has 10 heteroatoms. The summed E-state index contributed by atoms with van der Waals surface area (Å²) in [5.74, 6) is 0.803. The van der Waals surface area contributed by atoms with Crippen molar-refractivity contribution in [1.29, 1.82) is 0 Å². The van der Waals surface area contributed by atoms with Crippen LogP contribution < -0.4 is 5.32 Å². The summed E-state index contributed by atoms with van der Waals surface area (Å²) < 4.78 is 7.12. The maximum Gasteiger partial charge on any atom is 0.167 e. The van der Waals surface area contributed by atoms with Crippen molar-refractivity contribution in [2.45, 2.75) is 43.4 Å². The molecule has 3 heterocycles. The van der Waals surface area contributed by atoms with Crippen LogP contribution in [0.3, 0.4) is 0 Å². The van der Waals surface area contributed by atoms with E-state index in [1.807, 2.05) is 6.07 Å². The molecule has 5 atom stereocenters. The van der Waals surface area contributed by atoms with Crippen LogP contribution in [0.5, 0.6) is 5.75 Å². The third-order valence-electron chi connectivity index (χ3n) is 5.67. The molecule has 152 valence electrons. The zero-order valence-corrected chi connectivity index (χ0v) is 15.4. The minimum atomic E-state index is -1.22. The first kappa shape index (κ1) is 18.3. The Morgan fingerprint density at radius 2 is 2.03 bits per heavy atom. The summed E-state index contributed by atoms with van der Waals surface area (Å²) in [4.78, 5) is 13.0. The highest BCUT2D eigenvalue weighted by atomic mass is 16.6. The van der Waals surface area contributed by atoms with Crippen LogP contribution in [0.2, 0.25) is 0 Å². The third-order valence-corrected chi connectivity index (χ3v) is 5.67. The highest BCUT2D eigenvalue weighted by Crippen LogP contribution is 2.37. The first-order valence-electron chi connectivity index (χ1n) is 9.45. The number of aryl methyl sites for hydroxylation is 1. The number of aromatic nitrogens is 4. The lowest BCUT2D eigenvalue weighted by atomic mass is 10.1. The Hall–Kier alpha value is -2.79. The highest BCUT2D eigenvalue weighted by molar-refractivity contribution is 5.83. The number of aromatic hydroxyl groups is 1. The van der Waals surface area contributed by atoms with Gasteiger partial charge in [0.1, 0.15) is 30.4 Å². The predicted octanol–water partition coefficient (Wildman–Crippen LogP) is 0.243. The lowest BCUT2D eigenvalue weighted by Gasteiger charge is -2.17. The third kappa shape index (κ3) is 2.92. The van der Waals surface area contributed by atoms with Crippen molar-refractivity contribution in [2.75, 3.05) is 11.9 Å². The fraction of sp³-hybridized carbons (Fsp3) is 0.421. The van der Waals surface area contributed by atoms with Gasteiger partial charge >= 0.3 is 0 Å². The molecular formula is C19H21N5O5. The van der Waals surface area contributed by atoms with Crippen molar-refractivity contribution >= 4 is 17.0 Å². The number of fused-ring (bicyclic) bond motifs is 2. The average molecular weight is 399 g/mol. The van der Waals surface area contributed by atoms with Gasteiger partial charge in [-0.05, 0) is 36.1 Å². The van der Waals surface area contributed by atoms with Crippen molar-refractivity contribution in [3.8, 4) is 5.75 Å². The Labute approximate surface area is 165 Å². The number of nitrogens with one attached hydrogen (secondary N) is 1. The second kappa shape index (κ2) is 6.92. The maximum atomic E-state index is 10.3. The molecule has 2 aromatic heterocycles. The molecule has 0 amide bonds. The quantitative estimate of drug-likeness (QED) is 0.416. The van der Waals surface area contributed by atoms with Gasteiger partial charge in [0.2, 0.25) is 0 Å². The average Bonchev–Trinajstić information content (AvgIpc) is 3.39. The van der Waals surface area contributed by atoms with Crippen molar-refractivity contribution < 1.29 is 25.2 Å². The topological polar surface area (TPSA) is 146 Å². The van der Waals surface area contributed by atoms with Crippen LogP contribution in [-0.4, -0.2) is 64.9 Å². The minimum Gasteiger partial charge on any atom is -0.508 e. The molecule has 1 saturated heterocycles. The van der Waals surface area contributed by atoms with Crippen molar-refractivity contribution in [3.63, 3.8) is 0 Å². The van der Waals surface area contributed by atoms with Crippen LogP contribution >= 0.6 is 0 Å². The van der Waals surface area contributed by atoms with Crippen LogP contribution in [0.25, 0.3) is 11.2 Å². The Kier molecular flexibility index (Phi) is 4.36. The minimum absolute atomic E-state index is 0.0303. The molecule has 1 aromatic carbocycles. The van der Waals surface area contributed by atoms with E-state index in [-0.39, 0.29) is 11.8 Å². The van der Waals surface area contributed by atoms with Gasteiger partial charge in [-0.2, -0.15) is 0 Å². The zero-order valence-electron chi connectivity index (χ0n) is 15.4. The molecule has 1 aliphatic heterocycles. The van der Waals surface area contributed by atoms with Crippen molar-refractivity contribution in [1.82, 2.24) is 19.5 Å². The number of hydrogen-bond acceptors (Lipinski definition) is 9. The number of rotatable bonds is 4. The predicted molar refractivity (Wildman–Crippen MR) is 101 cm³/mol. The summed E-state index contributed by atoms with van der Waals surface area (Å²) in [6.07, 6.45) is 0.386. The molecule has 10 nitrogen and oxygen atoms in total. The number of imidazole rings is 1. The van der Waals surface area contributed by atoms with E-state index >= 15 is 0 Å². The van der Waals surface area contributed by atoms with Gasteiger partial charge in [0.15, 0.2) is 23.2 Å². The van der Waals surface area contributed by atoms with E-state index < -0.39 is 31.1 Å². The van der Waals surface area contributed by atoms with Crippen LogP contribution in [0, 0.1) is 0 Å². The molecule has 0 bridgehead atoms. The van der Waals surface area contributed by atoms with Gasteiger partial charge in [0.25, 0.3) is 0 Å². The molecule has 5 unspecified atom stereocenters. The highest BCUT2D eigenvalue weighted by Gasteiger charge is 2.44. The molecular weight excluding hydrogens is 378 g/mol. The summed E-state index contributed by atoms with van der Waals surface area (Å²) in [5, 5.41) is 42.7. The van der Waals surface area contributed by atoms with Crippen molar-refractivity contribution in [3.05, 3.63) is 42.0 Å². The lowest BCUT2D eigenvalue weighted by molar-refractivity contribution is -0.0511. The zero-order chi connectivity index (χ0) is 20.1. The van der Waals surface area contributed by atoms with Gasteiger partial charge in [0, 0.05) is 0 Å². The second-order valence-corrected chi connectivity index (χ2v) is 7.39. The maximum absolute atomic E-state index is 10.3. The Morgan fingerprint density at radius 1 is 1.17 bits per heavy atom. The summed E-state index contributed by atoms with van der Waals surface area (Å²) in [6, 6.07) is 5.39. The van der Waals surface area contributed by atoms with Gasteiger partial charge in [-0.1, -0.05) is 6.07 Å². The standard InChI is InChI=1S/C19H21N5O5/c25-6-13-15(27)16(28)19(29-13)24-8-22-14-17(20-7-21-18(14)24)23-12-4-1-9-5-10(26)2-3-11(9)12/h2-3,5,7-8,12-13,15-16,19,25-28H,1,4,6H2,(H,20,21,23). The Morgan fingerprint density at radius 3 is 2.83 bits per heavy atom. The number of anilines is 1. The van der Waals surface area contributed by atoms with E-state index in [0.717, 1.165) is 24.0 Å². The number of aliphatic hydroxyl groups is 3. The molecule has 1 fully saturated rings. The number of phenols is 1. The molecule has 0 spiro atoms. The second-order valence-electron chi connectivity index (χ2n) is 7.39. The van der Waals surface area contributed by atoms with E-state index in [0.29, 0.717) is 17.0 Å². The monoisotopic (exact) mass is 399 g/mol. The molecule has 0 radical (unpaired) electrons. The lowest BCUT2D eigenvalue weighted by Crippen LogP contribution is -2.33. The first-order chi connectivity index (χ1) is 14.1. The molecule has 0 saturated carbocycles. The van der Waals surface area contributed by atoms with E-state index in [9.17, 15) is 20.4 Å². The molecule has 3 aromatic rings.